The van der Waals surface area contributed by atoms with Crippen LogP contribution in [0.2, 0.25) is 0 Å². The Morgan fingerprint density at radius 2 is 0.886 bits per heavy atom. The Hall–Kier alpha value is -4.56. The molecule has 105 heavy (non-hydrogen) atoms. The molecular formula is C69H112N6O30. The van der Waals surface area contributed by atoms with Gasteiger partial charge in [-0.1, -0.05) is 101 Å². The maximum atomic E-state index is 13.8. The molecule has 8 fully saturated rings. The number of esters is 1. The van der Waals surface area contributed by atoms with Gasteiger partial charge in [-0.25, -0.2) is 19.0 Å². The first-order valence-electron chi connectivity index (χ1n) is 37.2. The second-order valence-corrected chi connectivity index (χ2v) is 29.6. The van der Waals surface area contributed by atoms with Crippen LogP contribution in [0.15, 0.2) is 12.4 Å². The second-order valence-electron chi connectivity index (χ2n) is 29.6. The predicted molar refractivity (Wildman–Crippen MR) is 355 cm³/mol. The molecule has 10 rings (SSSR count). The summed E-state index contributed by atoms with van der Waals surface area (Å²) < 4.78 is 80.1. The molecule has 8 aliphatic rings. The standard InChI is InChI=1S/C41H64N6O17.C28H48O13/c1-22-8-7-11-28(36(22)64-40-35(54)34(53)32(51)24(3)59-40)61-41-38(37(33(52)30(19-48)62-41)60-29(39(55)56)14-25-9-5-4-6-10-25)63-31(50)18-47-17-27(43-45-47)21-58-13-12-57-20-26-16-46(44-42-26)15-23(2)49;1-13-7-6-10-16(24(13)41-27-22(33)21(32)19(30)14(2)37-27)39-28-23(34)25(20(31)18(12-29)40-28)38-17(26(35)36)11-15-8-4-3-5-9-15/h16-17,22,24-25,28-30,32-38,40-41,48,51-54H,4-15,18-21H2,1-3H3,(H,55,56);13-25,27-34H,3-12H2,1-2H3,(H,35,36)/t22-,24-,28+,29-,30+,32+,33-,34+,35-,36+,37-,38+,40-,41+;13-,14-,16+,17-,18+,19+,20-,21+,22-,23+,24+,25-,27-,28+/m00/s1. The van der Waals surface area contributed by atoms with Crippen LogP contribution in [0.4, 0.5) is 0 Å². The molecule has 36 nitrogen and oxygen atoms in total. The van der Waals surface area contributed by atoms with Crippen molar-refractivity contribution >= 4 is 23.7 Å². The van der Waals surface area contributed by atoms with Crippen LogP contribution in [0.3, 0.4) is 0 Å². The van der Waals surface area contributed by atoms with E-state index in [1.807, 2.05) is 13.8 Å². The minimum Gasteiger partial charge on any atom is -0.479 e. The third-order valence-electron chi connectivity index (χ3n) is 21.3. The first-order valence-corrected chi connectivity index (χ1v) is 37.2. The minimum absolute atomic E-state index is 0.0340. The zero-order chi connectivity index (χ0) is 75.8. The summed E-state index contributed by atoms with van der Waals surface area (Å²) in [5.41, 5.74) is 0.943. The Morgan fingerprint density at radius 3 is 1.33 bits per heavy atom. The van der Waals surface area contributed by atoms with Crippen LogP contribution in [0.1, 0.15) is 162 Å². The zero-order valence-electron chi connectivity index (χ0n) is 60.3. The highest BCUT2D eigenvalue weighted by Gasteiger charge is 2.55. The lowest BCUT2D eigenvalue weighted by Crippen LogP contribution is -2.64. The summed E-state index contributed by atoms with van der Waals surface area (Å²) in [6, 6.07) is 0. The highest BCUT2D eigenvalue weighted by molar-refractivity contribution is 5.75. The number of aliphatic carboxylic acids is 2. The SMILES string of the molecule is CC(=O)Cn1cc(COCCOCc2cn(CC(=O)O[C@H]3[C@H](O[C@@H]4CCC[C@H](C)[C@H]4O[C@@H]4O[C@@H](C)[C@@H](O)[C@@H](O)[C@@H]4O)O[C@H](CO)[C@H](O)[C@@H]3O[C@@H](CC3CCCCC3)C(=O)O)nn2)nn1.C[C@@H]1O[C@@H](O[C@@H]2[C@@H](C)CCC[C@H]2O[C@@H]2O[C@H](CO)[C@H](O)[C@H](O[C@@H](CC3CCCCC3)C(=O)O)[C@H]2O)[C@@H](O)[C@H](O)[C@@H]1O. The number of carboxylic acid groups (broad SMARTS) is 2. The topological polar surface area (TPSA) is 513 Å². The summed E-state index contributed by atoms with van der Waals surface area (Å²) in [4.78, 5) is 49.8. The van der Waals surface area contributed by atoms with E-state index in [0.29, 0.717) is 37.1 Å². The minimum atomic E-state index is -1.66. The van der Waals surface area contributed by atoms with Crippen LogP contribution in [-0.4, -0.2) is 306 Å². The number of rotatable bonds is 32. The molecule has 2 aromatic rings. The van der Waals surface area contributed by atoms with Crippen LogP contribution >= 0.6 is 0 Å². The fourth-order valence-electron chi connectivity index (χ4n) is 15.3. The Morgan fingerprint density at radius 1 is 0.467 bits per heavy atom. The number of aromatic nitrogens is 6. The Balaban J connectivity index is 0.000000268. The molecular weight excluding hydrogens is 1390 g/mol. The molecule has 4 saturated carbocycles. The summed E-state index contributed by atoms with van der Waals surface area (Å²) in [6.45, 7) is 7.30. The molecule has 0 bridgehead atoms. The van der Waals surface area contributed by atoms with Crippen molar-refractivity contribution in [3.63, 3.8) is 0 Å². The number of aliphatic hydroxyl groups is 11. The smallest absolute Gasteiger partial charge is 0.332 e. The number of Topliss-reactive ketones (excluding diaryl/α,β-unsaturated/α-hetero) is 1. The van der Waals surface area contributed by atoms with Crippen molar-refractivity contribution < 1.29 is 147 Å². The molecule has 0 aromatic carbocycles. The van der Waals surface area contributed by atoms with Crippen LogP contribution in [0.5, 0.6) is 0 Å². The van der Waals surface area contributed by atoms with Gasteiger partial charge in [0.15, 0.2) is 49.3 Å². The molecule has 13 N–H and O–H groups in total. The van der Waals surface area contributed by atoms with E-state index in [0.717, 1.165) is 77.0 Å². The summed E-state index contributed by atoms with van der Waals surface area (Å²) >= 11 is 0. The van der Waals surface area contributed by atoms with E-state index in [1.54, 1.807) is 13.1 Å². The molecule has 36 heteroatoms. The molecule has 4 saturated heterocycles. The quantitative estimate of drug-likeness (QED) is 0.0311. The number of nitrogens with zero attached hydrogens (tertiary/aromatic N) is 6. The normalized spacial score (nSPS) is 37.9. The fraction of sp³-hybridized carbons (Fsp3) is 0.884. The second kappa shape index (κ2) is 40.4. The maximum absolute atomic E-state index is 13.8. The van der Waals surface area contributed by atoms with Crippen LogP contribution in [0.25, 0.3) is 0 Å². The largest absolute Gasteiger partial charge is 0.479 e. The van der Waals surface area contributed by atoms with Gasteiger partial charge in [0, 0.05) is 0 Å². The summed E-state index contributed by atoms with van der Waals surface area (Å²) in [5, 5.41) is 152. The van der Waals surface area contributed by atoms with E-state index in [9.17, 15) is 85.6 Å². The molecule has 28 atom stereocenters. The van der Waals surface area contributed by atoms with Crippen molar-refractivity contribution in [3.05, 3.63) is 23.8 Å². The van der Waals surface area contributed by atoms with Gasteiger partial charge in [0.25, 0.3) is 0 Å². The van der Waals surface area contributed by atoms with Crippen molar-refractivity contribution in [3.8, 4) is 0 Å². The molecule has 0 radical (unpaired) electrons. The lowest BCUT2D eigenvalue weighted by atomic mass is 9.85. The highest BCUT2D eigenvalue weighted by atomic mass is 16.8. The van der Waals surface area contributed by atoms with Crippen molar-refractivity contribution in [1.29, 1.82) is 0 Å². The van der Waals surface area contributed by atoms with Gasteiger partial charge in [-0.05, 0) is 83.0 Å². The monoisotopic (exact) mass is 1500 g/mol. The third kappa shape index (κ3) is 23.0. The van der Waals surface area contributed by atoms with Gasteiger partial charge < -0.3 is 128 Å². The summed E-state index contributed by atoms with van der Waals surface area (Å²) in [7, 11) is 0. The number of carboxylic acids is 2. The Labute approximate surface area is 608 Å². The van der Waals surface area contributed by atoms with E-state index < -0.39 is 197 Å². The van der Waals surface area contributed by atoms with Crippen molar-refractivity contribution in [2.45, 2.75) is 336 Å². The lowest BCUT2D eigenvalue weighted by Gasteiger charge is -2.47. The van der Waals surface area contributed by atoms with E-state index in [4.69, 9.17) is 61.6 Å². The van der Waals surface area contributed by atoms with Gasteiger partial charge in [0.2, 0.25) is 0 Å². The van der Waals surface area contributed by atoms with Crippen LogP contribution in [0, 0.1) is 23.7 Å². The van der Waals surface area contributed by atoms with Gasteiger partial charge in [-0.3, -0.25) is 9.59 Å². The fourth-order valence-corrected chi connectivity index (χ4v) is 15.3. The average Bonchev–Trinajstić information content (AvgIpc) is 1.27. The molecule has 0 unspecified atom stereocenters. The van der Waals surface area contributed by atoms with Crippen LogP contribution in [-0.2, 0) is 107 Å². The van der Waals surface area contributed by atoms with E-state index in [-0.39, 0.29) is 75.3 Å². The van der Waals surface area contributed by atoms with E-state index in [2.05, 4.69) is 20.6 Å². The van der Waals surface area contributed by atoms with Gasteiger partial charge >= 0.3 is 17.9 Å². The molecule has 4 aliphatic heterocycles. The number of carbonyl (C=O) groups excluding carboxylic acids is 2. The number of ether oxygens (including phenoxy) is 13. The average molecular weight is 1510 g/mol. The van der Waals surface area contributed by atoms with E-state index in [1.165, 1.54) is 29.4 Å². The summed E-state index contributed by atoms with van der Waals surface area (Å²) in [5.74, 6) is -3.45. The van der Waals surface area contributed by atoms with Gasteiger partial charge in [0.05, 0.1) is 88.7 Å². The van der Waals surface area contributed by atoms with Crippen molar-refractivity contribution in [2.75, 3.05) is 26.4 Å². The maximum Gasteiger partial charge on any atom is 0.332 e. The van der Waals surface area contributed by atoms with Gasteiger partial charge in [-0.2, -0.15) is 0 Å². The third-order valence-corrected chi connectivity index (χ3v) is 21.3. The number of aliphatic hydroxyl groups excluding tert-OH is 11. The molecule has 2 aromatic heterocycles. The number of carbonyl (C=O) groups is 4. The molecule has 4 aliphatic carbocycles. The Bertz CT molecular complexity index is 2960. The molecule has 6 heterocycles. The lowest BCUT2D eigenvalue weighted by molar-refractivity contribution is -0.349. The summed E-state index contributed by atoms with van der Waals surface area (Å²) in [6.07, 6.45) is -16.5. The first kappa shape index (κ1) is 84.5. The Kier molecular flexibility index (Phi) is 32.5. The van der Waals surface area contributed by atoms with E-state index >= 15 is 0 Å². The van der Waals surface area contributed by atoms with Gasteiger partial charge in [0.1, 0.15) is 104 Å². The number of hydrogen-bond donors (Lipinski definition) is 13. The zero-order valence-corrected chi connectivity index (χ0v) is 60.3. The number of ketones is 1. The molecule has 598 valence electrons. The molecule has 0 spiro atoms. The van der Waals surface area contributed by atoms with Crippen LogP contribution < -0.4 is 0 Å². The number of hydrogen-bond acceptors (Lipinski definition) is 32. The predicted octanol–water partition coefficient (Wildman–Crippen LogP) is -0.939. The molecule has 0 amide bonds. The van der Waals surface area contributed by atoms with Crippen molar-refractivity contribution in [1.82, 2.24) is 30.0 Å². The van der Waals surface area contributed by atoms with Crippen molar-refractivity contribution in [2.24, 2.45) is 23.7 Å². The highest BCUT2D eigenvalue weighted by Crippen LogP contribution is 2.40. The van der Waals surface area contributed by atoms with Gasteiger partial charge in [-0.15, -0.1) is 10.2 Å². The first-order chi connectivity index (χ1) is 50.2.